The Morgan fingerprint density at radius 1 is 1.13 bits per heavy atom. The number of benzene rings is 2. The summed E-state index contributed by atoms with van der Waals surface area (Å²) >= 11 is 5.31. The van der Waals surface area contributed by atoms with Crippen molar-refractivity contribution >= 4 is 17.6 Å². The second-order valence-electron chi connectivity index (χ2n) is 8.03. The largest absolute Gasteiger partial charge is 0.461 e. The van der Waals surface area contributed by atoms with Gasteiger partial charge in [0, 0.05) is 6.42 Å². The molecule has 0 radical (unpaired) electrons. The van der Waals surface area contributed by atoms with Crippen LogP contribution < -0.4 is 0 Å². The molecular formula is C23H21ClF4O2. The number of rotatable bonds is 6. The molecule has 0 spiro atoms. The molecule has 2 nitrogen and oxygen atoms in total. The Morgan fingerprint density at radius 3 is 2.43 bits per heavy atom. The van der Waals surface area contributed by atoms with Gasteiger partial charge in [-0.15, -0.1) is 0 Å². The van der Waals surface area contributed by atoms with Gasteiger partial charge in [-0.3, -0.25) is 4.79 Å². The maximum Gasteiger partial charge on any atom is 0.426 e. The van der Waals surface area contributed by atoms with Gasteiger partial charge < -0.3 is 4.74 Å². The zero-order chi connectivity index (χ0) is 22.1. The van der Waals surface area contributed by atoms with E-state index in [9.17, 15) is 22.4 Å². The first kappa shape index (κ1) is 22.3. The van der Waals surface area contributed by atoms with Crippen LogP contribution in [0.4, 0.5) is 17.6 Å². The molecule has 30 heavy (non-hydrogen) atoms. The maximum atomic E-state index is 14.1. The highest BCUT2D eigenvalue weighted by Gasteiger charge is 2.62. The molecular weight excluding hydrogens is 420 g/mol. The molecule has 1 saturated carbocycles. The monoisotopic (exact) mass is 440 g/mol. The topological polar surface area (TPSA) is 26.3 Å². The van der Waals surface area contributed by atoms with Crippen molar-refractivity contribution in [1.29, 1.82) is 0 Å². The van der Waals surface area contributed by atoms with Crippen LogP contribution >= 0.6 is 11.6 Å². The maximum absolute atomic E-state index is 14.1. The quantitative estimate of drug-likeness (QED) is 0.383. The van der Waals surface area contributed by atoms with Crippen LogP contribution in [0.1, 0.15) is 30.5 Å². The summed E-state index contributed by atoms with van der Waals surface area (Å²) in [5.74, 6) is -2.31. The fourth-order valence-corrected chi connectivity index (χ4v) is 3.74. The lowest BCUT2D eigenvalue weighted by molar-refractivity contribution is -0.147. The third-order valence-corrected chi connectivity index (χ3v) is 5.83. The van der Waals surface area contributed by atoms with E-state index in [1.807, 2.05) is 30.3 Å². The molecule has 1 fully saturated rings. The highest BCUT2D eigenvalue weighted by atomic mass is 35.5. The molecule has 7 heteroatoms. The van der Waals surface area contributed by atoms with Crippen LogP contribution in [0, 0.1) is 23.1 Å². The number of esters is 1. The zero-order valence-electron chi connectivity index (χ0n) is 16.5. The van der Waals surface area contributed by atoms with Gasteiger partial charge in [0.05, 0.1) is 5.92 Å². The molecule has 2 aromatic carbocycles. The lowest BCUT2D eigenvalue weighted by Gasteiger charge is -2.09. The van der Waals surface area contributed by atoms with Crippen LogP contribution in [0.25, 0.3) is 0 Å². The van der Waals surface area contributed by atoms with Crippen LogP contribution in [-0.2, 0) is 22.6 Å². The summed E-state index contributed by atoms with van der Waals surface area (Å²) in [6.07, 6.45) is -3.37. The molecule has 3 rings (SSSR count). The van der Waals surface area contributed by atoms with E-state index in [-0.39, 0.29) is 12.4 Å². The molecule has 0 aromatic heterocycles. The van der Waals surface area contributed by atoms with E-state index >= 15 is 0 Å². The van der Waals surface area contributed by atoms with Gasteiger partial charge in [-0.2, -0.15) is 13.2 Å². The second kappa shape index (κ2) is 8.42. The Hall–Kier alpha value is -2.34. The van der Waals surface area contributed by atoms with E-state index in [0.717, 1.165) is 11.6 Å². The third-order valence-electron chi connectivity index (χ3n) is 5.49. The first-order valence-corrected chi connectivity index (χ1v) is 9.80. The molecule has 2 atom stereocenters. The van der Waals surface area contributed by atoms with Crippen LogP contribution in [0.15, 0.2) is 59.6 Å². The van der Waals surface area contributed by atoms with Crippen molar-refractivity contribution in [3.8, 4) is 0 Å². The molecule has 0 amide bonds. The van der Waals surface area contributed by atoms with Gasteiger partial charge in [-0.05, 0) is 40.2 Å². The van der Waals surface area contributed by atoms with E-state index in [0.29, 0.717) is 17.5 Å². The van der Waals surface area contributed by atoms with Crippen molar-refractivity contribution < 1.29 is 27.1 Å². The van der Waals surface area contributed by atoms with Crippen LogP contribution in [-0.4, -0.2) is 12.1 Å². The number of carbonyl (C=O) groups excluding carboxylic acids is 1. The fraction of sp³-hybridized carbons (Fsp3) is 0.348. The fourth-order valence-electron chi connectivity index (χ4n) is 3.60. The van der Waals surface area contributed by atoms with E-state index in [4.69, 9.17) is 16.3 Å². The van der Waals surface area contributed by atoms with Gasteiger partial charge >= 0.3 is 12.1 Å². The van der Waals surface area contributed by atoms with E-state index in [1.165, 1.54) is 12.1 Å². The molecule has 0 heterocycles. The Kier molecular flexibility index (Phi) is 6.27. The lowest BCUT2D eigenvalue weighted by Crippen LogP contribution is -2.11. The Bertz CT molecular complexity index is 951. The van der Waals surface area contributed by atoms with Gasteiger partial charge in [0.1, 0.15) is 17.5 Å². The van der Waals surface area contributed by atoms with Gasteiger partial charge in [0.15, 0.2) is 0 Å². The Balaban J connectivity index is 1.64. The van der Waals surface area contributed by atoms with Gasteiger partial charge in [0.2, 0.25) is 0 Å². The van der Waals surface area contributed by atoms with Crippen molar-refractivity contribution in [3.63, 3.8) is 0 Å². The molecule has 0 N–H and O–H groups in total. The number of ether oxygens (including phenoxy) is 1. The average molecular weight is 441 g/mol. The minimum Gasteiger partial charge on any atom is -0.461 e. The van der Waals surface area contributed by atoms with Crippen molar-refractivity contribution in [1.82, 2.24) is 0 Å². The number of halogens is 5. The van der Waals surface area contributed by atoms with Crippen LogP contribution in [0.5, 0.6) is 0 Å². The Morgan fingerprint density at radius 2 is 1.80 bits per heavy atom. The summed E-state index contributed by atoms with van der Waals surface area (Å²) in [5.41, 5.74) is 1.35. The molecule has 0 aliphatic heterocycles. The second-order valence-corrected chi connectivity index (χ2v) is 8.44. The highest BCUT2D eigenvalue weighted by Crippen LogP contribution is 2.60. The first-order chi connectivity index (χ1) is 14.0. The van der Waals surface area contributed by atoms with Gasteiger partial charge in [-0.1, -0.05) is 67.9 Å². The average Bonchev–Trinajstić information content (AvgIpc) is 3.22. The van der Waals surface area contributed by atoms with Gasteiger partial charge in [-0.25, -0.2) is 4.39 Å². The number of hydrogen-bond acceptors (Lipinski definition) is 2. The standard InChI is InChI=1S/C23H21ClF4O2/c1-22(2)17(12-19(24)23(26,27)28)20(22)21(29)30-13-15-8-9-18(25)16(11-15)10-14-6-4-3-5-7-14/h3-9,11-12,17,20H,10,13H2,1-2H3/t17-,20-/m0/s1. The molecule has 160 valence electrons. The zero-order valence-corrected chi connectivity index (χ0v) is 17.2. The summed E-state index contributed by atoms with van der Waals surface area (Å²) < 4.78 is 57.5. The minimum absolute atomic E-state index is 0.0864. The van der Waals surface area contributed by atoms with Crippen molar-refractivity contribution in [2.45, 2.75) is 33.1 Å². The molecule has 1 aliphatic rings. The minimum atomic E-state index is -4.64. The number of alkyl halides is 3. The smallest absolute Gasteiger partial charge is 0.426 e. The third kappa shape index (κ3) is 5.04. The summed E-state index contributed by atoms with van der Waals surface area (Å²) in [5, 5.41) is -1.24. The number of allylic oxidation sites excluding steroid dienone is 2. The van der Waals surface area contributed by atoms with Crippen LogP contribution in [0.3, 0.4) is 0 Å². The molecule has 1 aliphatic carbocycles. The molecule has 0 unspecified atom stereocenters. The van der Waals surface area contributed by atoms with E-state index in [1.54, 1.807) is 19.9 Å². The van der Waals surface area contributed by atoms with Gasteiger partial charge in [0.25, 0.3) is 0 Å². The summed E-state index contributed by atoms with van der Waals surface area (Å²) in [6.45, 7) is 3.30. The van der Waals surface area contributed by atoms with E-state index < -0.39 is 34.4 Å². The van der Waals surface area contributed by atoms with Crippen LogP contribution in [0.2, 0.25) is 0 Å². The molecule has 0 saturated heterocycles. The van der Waals surface area contributed by atoms with Crippen molar-refractivity contribution in [2.75, 3.05) is 0 Å². The first-order valence-electron chi connectivity index (χ1n) is 9.42. The molecule has 0 bridgehead atoms. The molecule has 2 aromatic rings. The predicted octanol–water partition coefficient (Wildman–Crippen LogP) is 6.42. The van der Waals surface area contributed by atoms with Crippen molar-refractivity contribution in [2.24, 2.45) is 17.3 Å². The predicted molar refractivity (Wildman–Crippen MR) is 106 cm³/mol. The van der Waals surface area contributed by atoms with E-state index in [2.05, 4.69) is 0 Å². The van der Waals surface area contributed by atoms with Crippen molar-refractivity contribution in [3.05, 3.63) is 82.1 Å². The normalized spacial score (nSPS) is 20.7. The summed E-state index contributed by atoms with van der Waals surface area (Å²) in [6, 6.07) is 13.9. The number of carbonyl (C=O) groups is 1. The SMILES string of the molecule is CC1(C)[C@H](C(=O)OCc2ccc(F)c(Cc3ccccc3)c2)[C@@H]1C=C(Cl)C(F)(F)F. The lowest BCUT2D eigenvalue weighted by atomic mass is 10.0. The highest BCUT2D eigenvalue weighted by molar-refractivity contribution is 6.30. The number of hydrogen-bond donors (Lipinski definition) is 0. The Labute approximate surface area is 177 Å². The summed E-state index contributed by atoms with van der Waals surface area (Å²) in [4.78, 5) is 12.4. The summed E-state index contributed by atoms with van der Waals surface area (Å²) in [7, 11) is 0.